The van der Waals surface area contributed by atoms with Gasteiger partial charge in [-0.1, -0.05) is 74.5 Å². The van der Waals surface area contributed by atoms with E-state index in [1.54, 1.807) is 0 Å². The van der Waals surface area contributed by atoms with Crippen LogP contribution < -0.4 is 16.0 Å². The molecule has 1 aliphatic rings. The van der Waals surface area contributed by atoms with Crippen molar-refractivity contribution >= 4 is 17.8 Å². The molecule has 4 atom stereocenters. The molecule has 0 spiro atoms. The van der Waals surface area contributed by atoms with Gasteiger partial charge in [0.2, 0.25) is 11.8 Å². The van der Waals surface area contributed by atoms with Crippen LogP contribution in [0.25, 0.3) is 0 Å². The molecule has 1 aliphatic carbocycles. The minimum absolute atomic E-state index is 0.0981. The maximum Gasteiger partial charge on any atom is 0.326 e. The molecule has 2 aromatic carbocycles. The highest BCUT2D eigenvalue weighted by atomic mass is 16.4. The van der Waals surface area contributed by atoms with Gasteiger partial charge in [-0.2, -0.15) is 0 Å². The van der Waals surface area contributed by atoms with Crippen molar-refractivity contribution in [3.63, 3.8) is 0 Å². The molecule has 7 nitrogen and oxygen atoms in total. The molecule has 176 valence electrons. The first-order chi connectivity index (χ1) is 15.8. The lowest BCUT2D eigenvalue weighted by atomic mass is 10.0. The summed E-state index contributed by atoms with van der Waals surface area (Å²) in [5, 5.41) is 18.1. The smallest absolute Gasteiger partial charge is 0.326 e. The summed E-state index contributed by atoms with van der Waals surface area (Å²) < 4.78 is 0. The zero-order valence-electron chi connectivity index (χ0n) is 19.2. The number of hydrogen-bond acceptors (Lipinski definition) is 4. The number of aliphatic carboxylic acids is 1. The highest BCUT2D eigenvalue weighted by Gasteiger charge is 2.38. The lowest BCUT2D eigenvalue weighted by Crippen LogP contribution is -2.54. The third-order valence-corrected chi connectivity index (χ3v) is 5.80. The van der Waals surface area contributed by atoms with Crippen molar-refractivity contribution in [2.45, 2.75) is 57.2 Å². The minimum atomic E-state index is -1.08. The Morgan fingerprint density at radius 2 is 1.58 bits per heavy atom. The van der Waals surface area contributed by atoms with Gasteiger partial charge < -0.3 is 21.1 Å². The molecule has 0 aromatic heterocycles. The fourth-order valence-corrected chi connectivity index (χ4v) is 3.98. The standard InChI is InChI=1S/C26H33N3O4/c1-17(2)13-23(26(32)33)29-25(31)22(14-18-9-5-3-6-10-18)28-24(30)16-27-21-15-20(21)19-11-7-4-8-12-19/h3-12,17,20-23,27H,13-16H2,1-2H3,(H,28,30)(H,29,31)(H,32,33)/t20-,21+,22-,23?/m1/s1. The van der Waals surface area contributed by atoms with Gasteiger partial charge in [0.15, 0.2) is 0 Å². The van der Waals surface area contributed by atoms with Crippen molar-refractivity contribution in [1.82, 2.24) is 16.0 Å². The fraction of sp³-hybridized carbons (Fsp3) is 0.423. The van der Waals surface area contributed by atoms with Crippen LogP contribution in [0.15, 0.2) is 60.7 Å². The molecule has 0 radical (unpaired) electrons. The van der Waals surface area contributed by atoms with Gasteiger partial charge in [-0.3, -0.25) is 9.59 Å². The van der Waals surface area contributed by atoms with E-state index in [4.69, 9.17) is 0 Å². The summed E-state index contributed by atoms with van der Waals surface area (Å²) in [5.74, 6) is -1.36. The second-order valence-electron chi connectivity index (χ2n) is 9.08. The number of carboxylic acid groups (broad SMARTS) is 1. The van der Waals surface area contributed by atoms with Crippen LogP contribution in [0.2, 0.25) is 0 Å². The normalized spacial score (nSPS) is 18.9. The van der Waals surface area contributed by atoms with E-state index in [-0.39, 0.29) is 30.8 Å². The average Bonchev–Trinajstić information content (AvgIpc) is 3.57. The van der Waals surface area contributed by atoms with E-state index in [1.807, 2.05) is 62.4 Å². The second kappa shape index (κ2) is 11.6. The predicted octanol–water partition coefficient (Wildman–Crippen LogP) is 2.48. The summed E-state index contributed by atoms with van der Waals surface area (Å²) >= 11 is 0. The van der Waals surface area contributed by atoms with Crippen LogP contribution >= 0.6 is 0 Å². The number of rotatable bonds is 12. The molecule has 1 saturated carbocycles. The first-order valence-electron chi connectivity index (χ1n) is 11.5. The summed E-state index contributed by atoms with van der Waals surface area (Å²) in [4.78, 5) is 37.2. The van der Waals surface area contributed by atoms with Gasteiger partial charge in [-0.25, -0.2) is 4.79 Å². The summed E-state index contributed by atoms with van der Waals surface area (Å²) in [5.41, 5.74) is 2.13. The largest absolute Gasteiger partial charge is 0.480 e. The Kier molecular flexibility index (Phi) is 8.60. The summed E-state index contributed by atoms with van der Waals surface area (Å²) in [6.07, 6.45) is 1.57. The molecule has 4 N–H and O–H groups in total. The molecular weight excluding hydrogens is 418 g/mol. The van der Waals surface area contributed by atoms with E-state index in [9.17, 15) is 19.5 Å². The molecule has 1 fully saturated rings. The lowest BCUT2D eigenvalue weighted by Gasteiger charge is -2.22. The van der Waals surface area contributed by atoms with Gasteiger partial charge in [-0.15, -0.1) is 0 Å². The maximum atomic E-state index is 13.0. The molecule has 7 heteroatoms. The molecule has 0 bridgehead atoms. The van der Waals surface area contributed by atoms with Crippen LogP contribution in [0.5, 0.6) is 0 Å². The monoisotopic (exact) mass is 451 g/mol. The number of benzene rings is 2. The van der Waals surface area contributed by atoms with E-state index in [0.717, 1.165) is 12.0 Å². The van der Waals surface area contributed by atoms with Crippen molar-refractivity contribution in [1.29, 1.82) is 0 Å². The number of amides is 2. The van der Waals surface area contributed by atoms with Gasteiger partial charge in [0.25, 0.3) is 0 Å². The van der Waals surface area contributed by atoms with Crippen LogP contribution in [0.4, 0.5) is 0 Å². The number of hydrogen-bond donors (Lipinski definition) is 4. The highest BCUT2D eigenvalue weighted by molar-refractivity contribution is 5.91. The summed E-state index contributed by atoms with van der Waals surface area (Å²) in [6, 6.07) is 17.9. The molecule has 33 heavy (non-hydrogen) atoms. The Balaban J connectivity index is 1.58. The number of carbonyl (C=O) groups is 3. The van der Waals surface area contributed by atoms with Gasteiger partial charge in [0, 0.05) is 18.4 Å². The Bertz CT molecular complexity index is 933. The summed E-state index contributed by atoms with van der Waals surface area (Å²) in [6.45, 7) is 3.90. The van der Waals surface area contributed by atoms with Gasteiger partial charge in [0.05, 0.1) is 6.54 Å². The van der Waals surface area contributed by atoms with Crippen molar-refractivity contribution in [3.05, 3.63) is 71.8 Å². The molecule has 2 amide bonds. The second-order valence-corrected chi connectivity index (χ2v) is 9.08. The van der Waals surface area contributed by atoms with Crippen molar-refractivity contribution in [3.8, 4) is 0 Å². The first kappa shape index (κ1) is 24.5. The number of carbonyl (C=O) groups excluding carboxylic acids is 2. The molecule has 0 aliphatic heterocycles. The van der Waals surface area contributed by atoms with Crippen LogP contribution in [0, 0.1) is 5.92 Å². The van der Waals surface area contributed by atoms with Crippen molar-refractivity contribution in [2.75, 3.05) is 6.54 Å². The Hall–Kier alpha value is -3.19. The number of nitrogens with one attached hydrogen (secondary N) is 3. The van der Waals surface area contributed by atoms with E-state index in [2.05, 4.69) is 28.1 Å². The van der Waals surface area contributed by atoms with Gasteiger partial charge in [0.1, 0.15) is 12.1 Å². The quantitative estimate of drug-likeness (QED) is 0.397. The topological polar surface area (TPSA) is 108 Å². The zero-order valence-corrected chi connectivity index (χ0v) is 19.2. The SMILES string of the molecule is CC(C)CC(NC(=O)[C@@H](Cc1ccccc1)NC(=O)CN[C@H]1C[C@@H]1c1ccccc1)C(=O)O. The third kappa shape index (κ3) is 7.71. The zero-order chi connectivity index (χ0) is 23.8. The average molecular weight is 452 g/mol. The molecule has 0 saturated heterocycles. The lowest BCUT2D eigenvalue weighted by molar-refractivity contribution is -0.142. The van der Waals surface area contributed by atoms with E-state index < -0.39 is 24.0 Å². The maximum absolute atomic E-state index is 13.0. The van der Waals surface area contributed by atoms with E-state index in [0.29, 0.717) is 12.3 Å². The van der Waals surface area contributed by atoms with Crippen LogP contribution in [0.3, 0.4) is 0 Å². The van der Waals surface area contributed by atoms with Crippen LogP contribution in [0.1, 0.15) is 43.7 Å². The van der Waals surface area contributed by atoms with E-state index in [1.165, 1.54) is 5.56 Å². The van der Waals surface area contributed by atoms with Crippen molar-refractivity contribution in [2.24, 2.45) is 5.92 Å². The minimum Gasteiger partial charge on any atom is -0.480 e. The molecule has 0 heterocycles. The van der Waals surface area contributed by atoms with Crippen LogP contribution in [-0.2, 0) is 20.8 Å². The molecule has 3 rings (SSSR count). The summed E-state index contributed by atoms with van der Waals surface area (Å²) in [7, 11) is 0. The third-order valence-electron chi connectivity index (χ3n) is 5.80. The van der Waals surface area contributed by atoms with Gasteiger partial charge >= 0.3 is 5.97 Å². The van der Waals surface area contributed by atoms with Crippen molar-refractivity contribution < 1.29 is 19.5 Å². The first-order valence-corrected chi connectivity index (χ1v) is 11.5. The van der Waals surface area contributed by atoms with Gasteiger partial charge in [-0.05, 0) is 29.9 Å². The Labute approximate surface area is 195 Å². The predicted molar refractivity (Wildman–Crippen MR) is 127 cm³/mol. The van der Waals surface area contributed by atoms with E-state index >= 15 is 0 Å². The van der Waals surface area contributed by atoms with Crippen LogP contribution in [-0.4, -0.2) is 47.6 Å². The Morgan fingerprint density at radius 1 is 0.939 bits per heavy atom. The highest BCUT2D eigenvalue weighted by Crippen LogP contribution is 2.40. The Morgan fingerprint density at radius 3 is 2.18 bits per heavy atom. The molecule has 2 aromatic rings. The fourth-order valence-electron chi connectivity index (χ4n) is 3.98. The molecule has 1 unspecified atom stereocenters. The molecular formula is C26H33N3O4. The number of carboxylic acids is 1.